The summed E-state index contributed by atoms with van der Waals surface area (Å²) in [5, 5.41) is 0. The lowest BCUT2D eigenvalue weighted by molar-refractivity contribution is -0.620. The third-order valence-corrected chi connectivity index (χ3v) is 2.90. The van der Waals surface area contributed by atoms with Crippen LogP contribution < -0.4 is 10.2 Å². The molecule has 90 valence electrons. The number of hydrazine groups is 1. The summed E-state index contributed by atoms with van der Waals surface area (Å²) in [6.45, 7) is 4.05. The molecule has 1 fully saturated rings. The van der Waals surface area contributed by atoms with Crippen LogP contribution in [0.2, 0.25) is 0 Å². The number of benzene rings is 1. The van der Waals surface area contributed by atoms with E-state index in [1.165, 1.54) is 0 Å². The molecule has 4 heteroatoms. The zero-order chi connectivity index (χ0) is 12.5. The van der Waals surface area contributed by atoms with Crippen LogP contribution in [0.5, 0.6) is 5.75 Å². The van der Waals surface area contributed by atoms with Gasteiger partial charge in [0.2, 0.25) is 6.21 Å². The maximum atomic E-state index is 11.4. The Morgan fingerprint density at radius 3 is 2.71 bits per heavy atom. The molecule has 1 aromatic carbocycles. The van der Waals surface area contributed by atoms with Gasteiger partial charge in [0.15, 0.2) is 5.54 Å². The van der Waals surface area contributed by atoms with E-state index in [1.807, 2.05) is 49.0 Å². The second kappa shape index (κ2) is 4.20. The van der Waals surface area contributed by atoms with Gasteiger partial charge in [-0.15, -0.1) is 10.1 Å². The van der Waals surface area contributed by atoms with Crippen LogP contribution in [0.15, 0.2) is 24.3 Å². The number of hydrogen-bond acceptors (Lipinski definition) is 2. The third-order valence-electron chi connectivity index (χ3n) is 2.90. The van der Waals surface area contributed by atoms with Crippen molar-refractivity contribution < 1.29 is 14.2 Å². The second-order valence-corrected chi connectivity index (χ2v) is 4.77. The molecule has 0 bridgehead atoms. The topological polar surface area (TPSA) is 41.3 Å². The molecule has 17 heavy (non-hydrogen) atoms. The van der Waals surface area contributed by atoms with Crippen molar-refractivity contribution in [2.24, 2.45) is 0 Å². The van der Waals surface area contributed by atoms with Gasteiger partial charge >= 0.3 is 0 Å². The van der Waals surface area contributed by atoms with Gasteiger partial charge < -0.3 is 4.74 Å². The molecule has 1 amide bonds. The molecule has 0 saturated carbocycles. The van der Waals surface area contributed by atoms with Crippen molar-refractivity contribution >= 4 is 12.1 Å². The van der Waals surface area contributed by atoms with Crippen LogP contribution in [0.25, 0.3) is 0 Å². The molecule has 0 aliphatic carbocycles. The molecule has 1 aromatic rings. The second-order valence-electron chi connectivity index (χ2n) is 4.77. The first-order valence-corrected chi connectivity index (χ1v) is 5.60. The Balaban J connectivity index is 2.39. The lowest BCUT2D eigenvalue weighted by atomic mass is 10.0. The van der Waals surface area contributed by atoms with E-state index in [2.05, 4.69) is 5.43 Å². The summed E-state index contributed by atoms with van der Waals surface area (Å²) in [4.78, 5) is 11.4. The molecule has 1 heterocycles. The summed E-state index contributed by atoms with van der Waals surface area (Å²) in [6, 6.07) is 7.72. The molecule has 0 atom stereocenters. The summed E-state index contributed by atoms with van der Waals surface area (Å²) in [5.41, 5.74) is 3.57. The number of para-hydroxylation sites is 1. The van der Waals surface area contributed by atoms with E-state index in [-0.39, 0.29) is 11.4 Å². The van der Waals surface area contributed by atoms with Gasteiger partial charge in [0.1, 0.15) is 5.75 Å². The van der Waals surface area contributed by atoms with Gasteiger partial charge in [-0.05, 0) is 12.1 Å². The van der Waals surface area contributed by atoms with Gasteiger partial charge in [0, 0.05) is 13.8 Å². The van der Waals surface area contributed by atoms with E-state index in [0.29, 0.717) is 6.42 Å². The molecular formula is C13H17N2O2+. The maximum absolute atomic E-state index is 11.4. The first-order chi connectivity index (χ1) is 8.03. The normalized spacial score (nSPS) is 20.4. The predicted octanol–water partition coefficient (Wildman–Crippen LogP) is 1.34. The minimum absolute atomic E-state index is 0.0427. The van der Waals surface area contributed by atoms with Crippen LogP contribution in [-0.2, 0) is 4.79 Å². The van der Waals surface area contributed by atoms with Crippen LogP contribution in [0.4, 0.5) is 0 Å². The lowest BCUT2D eigenvalue weighted by Crippen LogP contribution is -2.36. The number of amides is 1. The Hall–Kier alpha value is -1.84. The molecule has 2 rings (SSSR count). The van der Waals surface area contributed by atoms with E-state index in [0.717, 1.165) is 11.3 Å². The van der Waals surface area contributed by atoms with Crippen molar-refractivity contribution in [2.45, 2.75) is 25.8 Å². The molecule has 1 N–H and O–H groups in total. The monoisotopic (exact) mass is 233 g/mol. The molecule has 0 aromatic heterocycles. The molecule has 4 nitrogen and oxygen atoms in total. The molecule has 1 aliphatic heterocycles. The molecule has 1 aliphatic rings. The van der Waals surface area contributed by atoms with Crippen molar-refractivity contribution in [3.05, 3.63) is 29.8 Å². The van der Waals surface area contributed by atoms with Crippen LogP contribution >= 0.6 is 0 Å². The zero-order valence-corrected chi connectivity index (χ0v) is 10.4. The highest BCUT2D eigenvalue weighted by molar-refractivity contribution is 5.83. The summed E-state index contributed by atoms with van der Waals surface area (Å²) in [7, 11) is 1.64. The summed E-state index contributed by atoms with van der Waals surface area (Å²) in [6.07, 6.45) is 2.41. The number of carbonyl (C=O) groups excluding carboxylic acids is 1. The first kappa shape index (κ1) is 11.6. The van der Waals surface area contributed by atoms with Gasteiger partial charge in [-0.3, -0.25) is 4.79 Å². The van der Waals surface area contributed by atoms with Gasteiger partial charge in [0.25, 0.3) is 5.91 Å². The smallest absolute Gasteiger partial charge is 0.281 e. The molecule has 0 radical (unpaired) electrons. The van der Waals surface area contributed by atoms with Gasteiger partial charge in [0.05, 0.1) is 19.1 Å². The maximum Gasteiger partial charge on any atom is 0.281 e. The first-order valence-electron chi connectivity index (χ1n) is 5.60. The van der Waals surface area contributed by atoms with Gasteiger partial charge in [-0.25, -0.2) is 0 Å². The number of hydrogen-bond donors (Lipinski definition) is 1. The lowest BCUT2D eigenvalue weighted by Gasteiger charge is -2.10. The molecular weight excluding hydrogens is 216 g/mol. The Morgan fingerprint density at radius 2 is 2.12 bits per heavy atom. The fourth-order valence-corrected chi connectivity index (χ4v) is 1.92. The number of hydrazone groups is 1. The van der Waals surface area contributed by atoms with E-state index in [1.54, 1.807) is 7.11 Å². The predicted molar refractivity (Wildman–Crippen MR) is 65.3 cm³/mol. The van der Waals surface area contributed by atoms with Crippen LogP contribution in [-0.4, -0.2) is 29.5 Å². The highest BCUT2D eigenvalue weighted by Crippen LogP contribution is 2.20. The Labute approximate surface area is 101 Å². The minimum atomic E-state index is -0.210. The largest absolute Gasteiger partial charge is 0.496 e. The van der Waals surface area contributed by atoms with Crippen molar-refractivity contribution in [3.8, 4) is 5.75 Å². The standard InChI is InChI=1S/C13H16N2O2/c1-13(2)8-12(16)14-15(13)9-10-6-4-5-7-11(10)17-3/h4-7,9H,8H2,1-3H3/p+1/b15-9-. The number of carbonyl (C=O) groups is 1. The summed E-state index contributed by atoms with van der Waals surface area (Å²) < 4.78 is 7.12. The van der Waals surface area contributed by atoms with Crippen molar-refractivity contribution in [1.82, 2.24) is 5.43 Å². The summed E-state index contributed by atoms with van der Waals surface area (Å²) >= 11 is 0. The summed E-state index contributed by atoms with van der Waals surface area (Å²) in [5.74, 6) is 0.839. The number of rotatable bonds is 2. The molecule has 1 saturated heterocycles. The highest BCUT2D eigenvalue weighted by Gasteiger charge is 2.42. The van der Waals surface area contributed by atoms with Gasteiger partial charge in [-0.2, -0.15) is 0 Å². The number of methoxy groups -OCH3 is 1. The van der Waals surface area contributed by atoms with Crippen molar-refractivity contribution in [2.75, 3.05) is 7.11 Å². The zero-order valence-electron chi connectivity index (χ0n) is 10.4. The highest BCUT2D eigenvalue weighted by atomic mass is 16.5. The van der Waals surface area contributed by atoms with E-state index in [4.69, 9.17) is 4.74 Å². The van der Waals surface area contributed by atoms with Crippen LogP contribution in [0.1, 0.15) is 25.8 Å². The molecule has 0 unspecified atom stereocenters. The minimum Gasteiger partial charge on any atom is -0.496 e. The fourth-order valence-electron chi connectivity index (χ4n) is 1.92. The average molecular weight is 233 g/mol. The van der Waals surface area contributed by atoms with Gasteiger partial charge in [-0.1, -0.05) is 12.1 Å². The third kappa shape index (κ3) is 2.30. The average Bonchev–Trinajstić information content (AvgIpc) is 2.52. The number of ether oxygens (including phenoxy) is 1. The number of nitrogens with zero attached hydrogens (tertiary/aromatic N) is 1. The molecule has 0 spiro atoms. The van der Waals surface area contributed by atoms with E-state index in [9.17, 15) is 4.79 Å². The van der Waals surface area contributed by atoms with Crippen LogP contribution in [0, 0.1) is 0 Å². The quantitative estimate of drug-likeness (QED) is 0.783. The SMILES string of the molecule is COc1ccccc1/C=[N+]1\NC(=O)CC1(C)C. The Kier molecular flexibility index (Phi) is 2.88. The van der Waals surface area contributed by atoms with Crippen LogP contribution in [0.3, 0.4) is 0 Å². The Bertz CT molecular complexity index is 478. The van der Waals surface area contributed by atoms with E-state index < -0.39 is 0 Å². The van der Waals surface area contributed by atoms with E-state index >= 15 is 0 Å². The van der Waals surface area contributed by atoms with Crippen molar-refractivity contribution in [1.29, 1.82) is 0 Å². The van der Waals surface area contributed by atoms with Crippen molar-refractivity contribution in [3.63, 3.8) is 0 Å². The fraction of sp³-hybridized carbons (Fsp3) is 0.385. The number of nitrogens with one attached hydrogen (secondary N) is 1. The Morgan fingerprint density at radius 1 is 1.41 bits per heavy atom.